The van der Waals surface area contributed by atoms with Gasteiger partial charge in [-0.1, -0.05) is 36.4 Å². The van der Waals surface area contributed by atoms with Crippen LogP contribution < -0.4 is 4.74 Å². The van der Waals surface area contributed by atoms with Crippen molar-refractivity contribution in [1.82, 2.24) is 0 Å². The summed E-state index contributed by atoms with van der Waals surface area (Å²) in [7, 11) is -7.03. The van der Waals surface area contributed by atoms with E-state index in [4.69, 9.17) is 8.37 Å². The molecule has 0 bridgehead atoms. The number of rotatable bonds is 7. The molecule has 4 aromatic rings. The Labute approximate surface area is 208 Å². The van der Waals surface area contributed by atoms with E-state index in [2.05, 4.69) is 0 Å². The zero-order valence-corrected chi connectivity index (χ0v) is 21.4. The van der Waals surface area contributed by atoms with Gasteiger partial charge in [0.15, 0.2) is 0 Å². The maximum absolute atomic E-state index is 13.6. The molecule has 0 spiro atoms. The summed E-state index contributed by atoms with van der Waals surface area (Å²) < 4.78 is 52.9. The molecule has 0 fully saturated rings. The summed E-state index contributed by atoms with van der Waals surface area (Å²) in [5.74, 6) is 0.139. The number of ether oxygens (including phenoxy) is 1. The number of halogens is 1. The molecule has 0 heterocycles. The van der Waals surface area contributed by atoms with Crippen LogP contribution in [0.1, 0.15) is 20.8 Å². The van der Waals surface area contributed by atoms with Gasteiger partial charge in [0, 0.05) is 14.7 Å². The molecule has 35 heavy (non-hydrogen) atoms. The van der Waals surface area contributed by atoms with Crippen LogP contribution in [-0.4, -0.2) is 14.0 Å². The van der Waals surface area contributed by atoms with E-state index < -0.39 is 26.2 Å². The van der Waals surface area contributed by atoms with Gasteiger partial charge < -0.3 is 4.74 Å². The molecule has 0 radical (unpaired) electrons. The first kappa shape index (κ1) is 25.0. The molecule has 0 saturated heterocycles. The van der Waals surface area contributed by atoms with E-state index in [0.717, 1.165) is 12.1 Å². The third-order valence-corrected chi connectivity index (χ3v) is 10.2. The summed E-state index contributed by atoms with van der Waals surface area (Å²) in [6.45, 7) is 5.88. The van der Waals surface area contributed by atoms with Crippen LogP contribution in [0.2, 0.25) is 0 Å². The van der Waals surface area contributed by atoms with E-state index >= 15 is 0 Å². The third kappa shape index (κ3) is 5.59. The molecule has 0 amide bonds. The molecule has 0 unspecified atom stereocenters. The lowest BCUT2D eigenvalue weighted by Gasteiger charge is -2.39. The SMILES string of the molecule is CC(C)(C)Oc1ccc(S(OS(=O)(=O)c2ccc(F)cc2)(c2ccccc2)c2ccccc2)cc1. The summed E-state index contributed by atoms with van der Waals surface area (Å²) in [6.07, 6.45) is 0. The van der Waals surface area contributed by atoms with Gasteiger partial charge in [0.25, 0.3) is 0 Å². The highest BCUT2D eigenvalue weighted by atomic mass is 32.3. The van der Waals surface area contributed by atoms with Crippen LogP contribution in [0.4, 0.5) is 4.39 Å². The summed E-state index contributed by atoms with van der Waals surface area (Å²) >= 11 is 0. The van der Waals surface area contributed by atoms with Gasteiger partial charge in [0.05, 0.1) is 4.90 Å². The van der Waals surface area contributed by atoms with Crippen molar-refractivity contribution < 1.29 is 21.2 Å². The number of hydrogen-bond donors (Lipinski definition) is 0. The fourth-order valence-electron chi connectivity index (χ4n) is 3.58. The smallest absolute Gasteiger partial charge is 0.307 e. The van der Waals surface area contributed by atoms with E-state index in [0.29, 0.717) is 20.4 Å². The maximum Gasteiger partial charge on any atom is 0.307 e. The van der Waals surface area contributed by atoms with Crippen molar-refractivity contribution in [2.75, 3.05) is 0 Å². The lowest BCUT2D eigenvalue weighted by molar-refractivity contribution is 0.131. The second kappa shape index (κ2) is 9.85. The fraction of sp³-hybridized carbons (Fsp3) is 0.143. The molecular formula is C28H27FO4S2. The highest BCUT2D eigenvalue weighted by Crippen LogP contribution is 2.70. The van der Waals surface area contributed by atoms with Crippen LogP contribution in [0.15, 0.2) is 129 Å². The van der Waals surface area contributed by atoms with Gasteiger partial charge in [-0.3, -0.25) is 0 Å². The molecule has 0 aliphatic rings. The molecule has 0 aromatic heterocycles. The van der Waals surface area contributed by atoms with Crippen molar-refractivity contribution in [1.29, 1.82) is 0 Å². The molecule has 7 heteroatoms. The Hall–Kier alpha value is -3.13. The predicted molar refractivity (Wildman–Crippen MR) is 137 cm³/mol. The fourth-order valence-corrected chi connectivity index (χ4v) is 8.80. The molecular weight excluding hydrogens is 483 g/mol. The Kier molecular flexibility index (Phi) is 7.03. The van der Waals surface area contributed by atoms with Crippen LogP contribution in [0, 0.1) is 5.82 Å². The van der Waals surface area contributed by atoms with Gasteiger partial charge in [-0.25, -0.2) is 8.02 Å². The maximum atomic E-state index is 13.6. The van der Waals surface area contributed by atoms with E-state index in [9.17, 15) is 12.8 Å². The lowest BCUT2D eigenvalue weighted by atomic mass is 10.2. The standard InChI is InChI=1S/C28H27FO4S2/c1-28(2,3)32-23-16-20-26(21-17-23)34(24-10-6-4-7-11-24,25-12-8-5-9-13-25)33-35(30,31)27-18-14-22(29)15-19-27/h4-21H,1-3H3. The molecule has 0 aliphatic heterocycles. The summed E-state index contributed by atoms with van der Waals surface area (Å²) in [6, 6.07) is 30.6. The lowest BCUT2D eigenvalue weighted by Crippen LogP contribution is -2.22. The highest BCUT2D eigenvalue weighted by molar-refractivity contribution is 8.33. The quantitative estimate of drug-likeness (QED) is 0.257. The van der Waals surface area contributed by atoms with Gasteiger partial charge in [0.1, 0.15) is 17.2 Å². The van der Waals surface area contributed by atoms with Gasteiger partial charge in [-0.05, 0) is 104 Å². The van der Waals surface area contributed by atoms with E-state index in [1.54, 1.807) is 0 Å². The van der Waals surface area contributed by atoms with Crippen LogP contribution in [-0.2, 0) is 13.7 Å². The predicted octanol–water partition coefficient (Wildman–Crippen LogP) is 7.61. The third-order valence-electron chi connectivity index (χ3n) is 5.02. The van der Waals surface area contributed by atoms with E-state index in [-0.39, 0.29) is 10.5 Å². The molecule has 0 saturated carbocycles. The first-order valence-corrected chi connectivity index (χ1v) is 14.0. The zero-order chi connectivity index (χ0) is 25.1. The Morgan fingerprint density at radius 2 is 1.03 bits per heavy atom. The Morgan fingerprint density at radius 1 is 0.600 bits per heavy atom. The van der Waals surface area contributed by atoms with Crippen molar-refractivity contribution in [3.63, 3.8) is 0 Å². The second-order valence-corrected chi connectivity index (χ2v) is 13.3. The van der Waals surface area contributed by atoms with Crippen LogP contribution in [0.5, 0.6) is 5.75 Å². The molecule has 0 atom stereocenters. The van der Waals surface area contributed by atoms with Crippen molar-refractivity contribution in [2.24, 2.45) is 0 Å². The molecule has 0 N–H and O–H groups in total. The van der Waals surface area contributed by atoms with Gasteiger partial charge in [0.2, 0.25) is 0 Å². The van der Waals surface area contributed by atoms with Crippen LogP contribution in [0.3, 0.4) is 0 Å². The van der Waals surface area contributed by atoms with E-state index in [1.165, 1.54) is 12.1 Å². The van der Waals surface area contributed by atoms with Gasteiger partial charge >= 0.3 is 10.1 Å². The minimum absolute atomic E-state index is 0.115. The Morgan fingerprint density at radius 3 is 1.49 bits per heavy atom. The number of hydrogen-bond acceptors (Lipinski definition) is 4. The van der Waals surface area contributed by atoms with E-state index in [1.807, 2.05) is 106 Å². The summed E-state index contributed by atoms with van der Waals surface area (Å²) in [5.41, 5.74) is -0.382. The largest absolute Gasteiger partial charge is 0.488 e. The molecule has 4 rings (SSSR count). The summed E-state index contributed by atoms with van der Waals surface area (Å²) in [4.78, 5) is 1.99. The first-order valence-electron chi connectivity index (χ1n) is 11.0. The molecule has 4 aromatic carbocycles. The average Bonchev–Trinajstić information content (AvgIpc) is 2.83. The van der Waals surface area contributed by atoms with Crippen LogP contribution >= 0.6 is 10.3 Å². The Bertz CT molecular complexity index is 1330. The Balaban J connectivity index is 1.94. The second-order valence-electron chi connectivity index (χ2n) is 8.84. The van der Waals surface area contributed by atoms with Crippen molar-refractivity contribution >= 4 is 20.4 Å². The highest BCUT2D eigenvalue weighted by Gasteiger charge is 2.38. The molecule has 4 nitrogen and oxygen atoms in total. The average molecular weight is 511 g/mol. The zero-order valence-electron chi connectivity index (χ0n) is 19.7. The van der Waals surface area contributed by atoms with Crippen molar-refractivity contribution in [3.8, 4) is 5.75 Å². The van der Waals surface area contributed by atoms with Gasteiger partial charge in [-0.15, -0.1) is 0 Å². The molecule has 0 aliphatic carbocycles. The number of benzene rings is 4. The first-order chi connectivity index (χ1) is 16.6. The summed E-state index contributed by atoms with van der Waals surface area (Å²) in [5, 5.41) is 0. The topological polar surface area (TPSA) is 52.6 Å². The molecule has 182 valence electrons. The van der Waals surface area contributed by atoms with Crippen molar-refractivity contribution in [2.45, 2.75) is 46.0 Å². The normalized spacial score (nSPS) is 12.8. The van der Waals surface area contributed by atoms with Crippen LogP contribution in [0.25, 0.3) is 0 Å². The minimum Gasteiger partial charge on any atom is -0.488 e. The monoisotopic (exact) mass is 510 g/mol. The minimum atomic E-state index is -4.28. The van der Waals surface area contributed by atoms with Gasteiger partial charge in [-0.2, -0.15) is 8.42 Å². The van der Waals surface area contributed by atoms with Crippen molar-refractivity contribution in [3.05, 3.63) is 115 Å².